The van der Waals surface area contributed by atoms with Gasteiger partial charge in [0.25, 0.3) is 0 Å². The molecule has 172 valence electrons. The molecule has 1 aliphatic rings. The molecular formula is C21H19ClF3N7O. The lowest BCUT2D eigenvalue weighted by molar-refractivity contribution is -0.274. The number of benzene rings is 1. The first-order valence-corrected chi connectivity index (χ1v) is 10.1. The number of aromatic nitrogens is 4. The van der Waals surface area contributed by atoms with Gasteiger partial charge in [-0.1, -0.05) is 11.6 Å². The number of nitrogens with zero attached hydrogens (tertiary/aromatic N) is 5. The molecule has 33 heavy (non-hydrogen) atoms. The van der Waals surface area contributed by atoms with E-state index in [2.05, 4.69) is 25.2 Å². The Morgan fingerprint density at radius 3 is 2.45 bits per heavy atom. The molecule has 2 aromatic heterocycles. The van der Waals surface area contributed by atoms with Crippen LogP contribution in [0.4, 0.5) is 19.0 Å². The highest BCUT2D eigenvalue weighted by atomic mass is 35.5. The lowest BCUT2D eigenvalue weighted by atomic mass is 10.0. The Kier molecular flexibility index (Phi) is 5.75. The smallest absolute Gasteiger partial charge is 0.406 e. The first kappa shape index (κ1) is 22.6. The molecule has 12 heteroatoms. The van der Waals surface area contributed by atoms with Crippen LogP contribution >= 0.6 is 11.6 Å². The van der Waals surface area contributed by atoms with Crippen LogP contribution in [0.15, 0.2) is 35.3 Å². The summed E-state index contributed by atoms with van der Waals surface area (Å²) in [7, 11) is 1.72. The third kappa shape index (κ3) is 4.63. The van der Waals surface area contributed by atoms with E-state index in [9.17, 15) is 13.2 Å². The molecule has 0 bridgehead atoms. The van der Waals surface area contributed by atoms with Gasteiger partial charge in [-0.2, -0.15) is 10.2 Å². The number of ether oxygens (including phenoxy) is 1. The average Bonchev–Trinajstić information content (AvgIpc) is 3.18. The minimum Gasteiger partial charge on any atom is -0.406 e. The van der Waals surface area contributed by atoms with Crippen molar-refractivity contribution in [3.8, 4) is 17.0 Å². The molecule has 0 aliphatic carbocycles. The molecular weight excluding hydrogens is 459 g/mol. The third-order valence-electron chi connectivity index (χ3n) is 4.97. The SMILES string of the molecule is Cc1nn(C2=C/C(=N)Nc3nn(C)c(-c4ccc(OC(F)(F)F)cc4)c3C/C=N\2)c(C)c1Cl. The van der Waals surface area contributed by atoms with Crippen molar-refractivity contribution in [2.24, 2.45) is 12.0 Å². The molecule has 8 nitrogen and oxygen atoms in total. The van der Waals surface area contributed by atoms with Crippen molar-refractivity contribution < 1.29 is 17.9 Å². The third-order valence-corrected chi connectivity index (χ3v) is 5.52. The Morgan fingerprint density at radius 2 is 1.85 bits per heavy atom. The summed E-state index contributed by atoms with van der Waals surface area (Å²) in [6, 6.07) is 5.53. The molecule has 0 atom stereocenters. The highest BCUT2D eigenvalue weighted by Gasteiger charge is 2.31. The lowest BCUT2D eigenvalue weighted by Crippen LogP contribution is -2.16. The Hall–Kier alpha value is -3.60. The van der Waals surface area contributed by atoms with Crippen molar-refractivity contribution in [2.45, 2.75) is 26.6 Å². The number of fused-ring (bicyclic) bond motifs is 1. The summed E-state index contributed by atoms with van der Waals surface area (Å²) in [5, 5.41) is 20.7. The summed E-state index contributed by atoms with van der Waals surface area (Å²) in [5.74, 6) is 0.577. The molecule has 0 saturated heterocycles. The first-order valence-electron chi connectivity index (χ1n) is 9.77. The zero-order chi connectivity index (χ0) is 23.9. The van der Waals surface area contributed by atoms with Gasteiger partial charge in [-0.15, -0.1) is 13.2 Å². The van der Waals surface area contributed by atoms with Crippen molar-refractivity contribution in [1.82, 2.24) is 19.6 Å². The minimum absolute atomic E-state index is 0.0348. The van der Waals surface area contributed by atoms with Crippen molar-refractivity contribution in [1.29, 1.82) is 5.41 Å². The maximum atomic E-state index is 12.5. The minimum atomic E-state index is -4.76. The quantitative estimate of drug-likeness (QED) is 0.557. The van der Waals surface area contributed by atoms with E-state index >= 15 is 0 Å². The monoisotopic (exact) mass is 477 g/mol. The molecule has 0 fully saturated rings. The summed E-state index contributed by atoms with van der Waals surface area (Å²) in [6.45, 7) is 3.59. The number of hydrogen-bond acceptors (Lipinski definition) is 5. The van der Waals surface area contributed by atoms with Gasteiger partial charge in [-0.25, -0.2) is 9.67 Å². The van der Waals surface area contributed by atoms with Crippen LogP contribution in [0.5, 0.6) is 5.75 Å². The van der Waals surface area contributed by atoms with Crippen LogP contribution in [-0.4, -0.2) is 38.0 Å². The predicted molar refractivity (Wildman–Crippen MR) is 120 cm³/mol. The number of anilines is 1. The van der Waals surface area contributed by atoms with Gasteiger partial charge < -0.3 is 10.1 Å². The topological polar surface area (TPSA) is 93.1 Å². The molecule has 3 aromatic rings. The lowest BCUT2D eigenvalue weighted by Gasteiger charge is -2.10. The summed E-state index contributed by atoms with van der Waals surface area (Å²) in [6.07, 6.45) is -1.23. The highest BCUT2D eigenvalue weighted by molar-refractivity contribution is 6.31. The summed E-state index contributed by atoms with van der Waals surface area (Å²) < 4.78 is 44.5. The van der Waals surface area contributed by atoms with Crippen LogP contribution in [0.25, 0.3) is 17.1 Å². The van der Waals surface area contributed by atoms with Crippen molar-refractivity contribution in [2.75, 3.05) is 5.32 Å². The van der Waals surface area contributed by atoms with Crippen LogP contribution in [0.3, 0.4) is 0 Å². The number of alkyl halides is 3. The molecule has 3 heterocycles. The van der Waals surface area contributed by atoms with E-state index in [4.69, 9.17) is 17.0 Å². The fourth-order valence-electron chi connectivity index (χ4n) is 3.56. The molecule has 1 aliphatic heterocycles. The van der Waals surface area contributed by atoms with Crippen LogP contribution in [0.2, 0.25) is 5.02 Å². The number of aliphatic imine (C=N–C) groups is 1. The van der Waals surface area contributed by atoms with Crippen molar-refractivity contribution in [3.05, 3.63) is 52.3 Å². The van der Waals surface area contributed by atoms with Crippen LogP contribution in [-0.2, 0) is 13.5 Å². The molecule has 0 unspecified atom stereocenters. The Labute approximate surface area is 191 Å². The van der Waals surface area contributed by atoms with E-state index in [0.29, 0.717) is 45.7 Å². The molecule has 2 N–H and O–H groups in total. The number of rotatable bonds is 3. The summed E-state index contributed by atoms with van der Waals surface area (Å²) in [5.41, 5.74) is 3.39. The second-order valence-corrected chi connectivity index (χ2v) is 7.70. The van der Waals surface area contributed by atoms with Crippen LogP contribution < -0.4 is 10.1 Å². The van der Waals surface area contributed by atoms with Crippen LogP contribution in [0.1, 0.15) is 17.0 Å². The second-order valence-electron chi connectivity index (χ2n) is 7.33. The van der Waals surface area contributed by atoms with E-state index in [1.807, 2.05) is 6.92 Å². The first-order chi connectivity index (χ1) is 15.5. The molecule has 0 spiro atoms. The van der Waals surface area contributed by atoms with Gasteiger partial charge in [-0.05, 0) is 38.1 Å². The second kappa shape index (κ2) is 8.39. The number of hydrogen-bond donors (Lipinski definition) is 2. The average molecular weight is 478 g/mol. The number of halogens is 4. The van der Waals surface area contributed by atoms with Gasteiger partial charge in [0.05, 0.1) is 22.1 Å². The molecule has 1 aromatic carbocycles. The molecule has 4 rings (SSSR count). The summed E-state index contributed by atoms with van der Waals surface area (Å²) >= 11 is 6.25. The zero-order valence-corrected chi connectivity index (χ0v) is 18.6. The van der Waals surface area contributed by atoms with Gasteiger partial charge in [-0.3, -0.25) is 10.1 Å². The number of aryl methyl sites for hydroxylation is 2. The number of nitrogens with one attached hydrogen (secondary N) is 2. The van der Waals surface area contributed by atoms with E-state index in [-0.39, 0.29) is 11.6 Å². The standard InChI is InChI=1S/C21H19ClF3N7O/c1-11-18(22)12(2)32(29-11)17-10-16(26)28-20-15(8-9-27-17)19(31(3)30-20)13-4-6-14(7-5-13)33-21(23,24)25/h4-7,9-10H,8H2,1-3H3,(H2,26,28,30)/b17-10+,27-9-. The molecule has 0 saturated carbocycles. The van der Waals surface area contributed by atoms with Crippen molar-refractivity contribution in [3.63, 3.8) is 0 Å². The van der Waals surface area contributed by atoms with Gasteiger partial charge >= 0.3 is 6.36 Å². The molecule has 0 radical (unpaired) electrons. The summed E-state index contributed by atoms with van der Waals surface area (Å²) in [4.78, 5) is 4.49. The largest absolute Gasteiger partial charge is 0.573 e. The van der Waals surface area contributed by atoms with E-state index in [1.54, 1.807) is 29.5 Å². The molecule has 0 amide bonds. The van der Waals surface area contributed by atoms with Gasteiger partial charge in [0.1, 0.15) is 11.6 Å². The van der Waals surface area contributed by atoms with Crippen molar-refractivity contribution >= 4 is 35.3 Å². The van der Waals surface area contributed by atoms with E-state index in [0.717, 1.165) is 5.56 Å². The maximum absolute atomic E-state index is 12.5. The Morgan fingerprint density at radius 1 is 1.15 bits per heavy atom. The normalized spacial score (nSPS) is 16.7. The van der Waals surface area contributed by atoms with E-state index < -0.39 is 6.36 Å². The van der Waals surface area contributed by atoms with Crippen LogP contribution in [0, 0.1) is 19.3 Å². The Balaban J connectivity index is 1.69. The zero-order valence-electron chi connectivity index (χ0n) is 17.8. The number of amidine groups is 1. The van der Waals surface area contributed by atoms with Gasteiger partial charge in [0.15, 0.2) is 11.6 Å². The maximum Gasteiger partial charge on any atom is 0.573 e. The van der Waals surface area contributed by atoms with Gasteiger partial charge in [0.2, 0.25) is 0 Å². The fourth-order valence-corrected chi connectivity index (χ4v) is 3.68. The predicted octanol–water partition coefficient (Wildman–Crippen LogP) is 4.97. The Bertz CT molecular complexity index is 1290. The fraction of sp³-hybridized carbons (Fsp3) is 0.238. The van der Waals surface area contributed by atoms with E-state index in [1.165, 1.54) is 30.3 Å². The van der Waals surface area contributed by atoms with Gasteiger partial charge in [0, 0.05) is 36.9 Å². The highest BCUT2D eigenvalue weighted by Crippen LogP contribution is 2.32.